The molecule has 34 heavy (non-hydrogen) atoms. The number of benzene rings is 1. The van der Waals surface area contributed by atoms with Crippen molar-refractivity contribution in [3.05, 3.63) is 60.6 Å². The fourth-order valence-corrected chi connectivity index (χ4v) is 3.52. The number of carbonyl (C=O) groups is 1. The van der Waals surface area contributed by atoms with Crippen LogP contribution in [-0.4, -0.2) is 53.6 Å². The summed E-state index contributed by atoms with van der Waals surface area (Å²) in [6, 6.07) is 9.72. The molecule has 1 fully saturated rings. The number of rotatable bonds is 6. The second-order valence-electron chi connectivity index (χ2n) is 7.71. The number of halogens is 3. The summed E-state index contributed by atoms with van der Waals surface area (Å²) in [6.45, 7) is -0.0944. The predicted molar refractivity (Wildman–Crippen MR) is 124 cm³/mol. The van der Waals surface area contributed by atoms with E-state index in [1.807, 2.05) is 28.8 Å². The maximum atomic E-state index is 12.3. The Morgan fingerprint density at radius 2 is 2.18 bits per heavy atom. The molecule has 4 N–H and O–H groups in total. The third-order valence-electron chi connectivity index (χ3n) is 5.22. The van der Waals surface area contributed by atoms with Gasteiger partial charge in [-0.25, -0.2) is 9.78 Å². The number of hydrogen-bond donors (Lipinski definition) is 3. The Morgan fingerprint density at radius 1 is 1.32 bits per heavy atom. The molecule has 2 aromatic heterocycles. The van der Waals surface area contributed by atoms with E-state index in [2.05, 4.69) is 15.3 Å². The number of allylic oxidation sites excluding steroid dienone is 1. The fraction of sp³-hybridized carbons (Fsp3) is 0.261. The Hall–Kier alpha value is -3.86. The monoisotopic (exact) mass is 472 g/mol. The van der Waals surface area contributed by atoms with E-state index in [1.165, 1.54) is 6.20 Å². The molecule has 1 unspecified atom stereocenters. The highest BCUT2D eigenvalue weighted by molar-refractivity contribution is 6.10. The summed E-state index contributed by atoms with van der Waals surface area (Å²) in [5, 5.41) is 4.19. The number of anilines is 1. The van der Waals surface area contributed by atoms with Crippen LogP contribution in [0.4, 0.5) is 23.7 Å². The standard InChI is InChI=1S/C23H23F3N6O2/c24-23(25,26)14-30-22(33)31-18-3-1-2-16(8-18)20-12-29-21-9-15(4-6-32(20)21)17(10-27)11-28-19-5-7-34-13-19/h1-4,6,8-12,19H,5,7,13-14,27H2,(H2,30,31,33). The van der Waals surface area contributed by atoms with Gasteiger partial charge in [-0.3, -0.25) is 9.39 Å². The van der Waals surface area contributed by atoms with Crippen LogP contribution in [0.2, 0.25) is 0 Å². The minimum absolute atomic E-state index is 0.133. The van der Waals surface area contributed by atoms with E-state index in [-0.39, 0.29) is 6.04 Å². The highest BCUT2D eigenvalue weighted by Crippen LogP contribution is 2.25. The second kappa shape index (κ2) is 9.96. The van der Waals surface area contributed by atoms with E-state index >= 15 is 0 Å². The number of aliphatic imine (C=N–C) groups is 1. The second-order valence-corrected chi connectivity index (χ2v) is 7.71. The minimum atomic E-state index is -4.48. The Balaban J connectivity index is 1.52. The normalized spacial score (nSPS) is 16.9. The van der Waals surface area contributed by atoms with Crippen LogP contribution >= 0.6 is 0 Å². The third kappa shape index (κ3) is 5.73. The molecule has 3 heterocycles. The molecule has 1 aromatic carbocycles. The number of pyridine rings is 1. The Bertz CT molecular complexity index is 1230. The van der Waals surface area contributed by atoms with Crippen molar-refractivity contribution in [2.24, 2.45) is 10.7 Å². The zero-order chi connectivity index (χ0) is 24.1. The van der Waals surface area contributed by atoms with E-state index in [0.717, 1.165) is 28.8 Å². The molecule has 1 aliphatic heterocycles. The smallest absolute Gasteiger partial charge is 0.404 e. The first-order chi connectivity index (χ1) is 16.3. The number of amides is 2. The lowest BCUT2D eigenvalue weighted by Crippen LogP contribution is -2.36. The highest BCUT2D eigenvalue weighted by atomic mass is 19.4. The summed E-state index contributed by atoms with van der Waals surface area (Å²) in [5.74, 6) is 0. The summed E-state index contributed by atoms with van der Waals surface area (Å²) >= 11 is 0. The van der Waals surface area contributed by atoms with Crippen LogP contribution in [-0.2, 0) is 4.74 Å². The van der Waals surface area contributed by atoms with Crippen molar-refractivity contribution in [2.45, 2.75) is 18.6 Å². The molecule has 2 amide bonds. The van der Waals surface area contributed by atoms with Gasteiger partial charge in [0.1, 0.15) is 12.2 Å². The van der Waals surface area contributed by atoms with Crippen LogP contribution in [0.25, 0.3) is 22.5 Å². The van der Waals surface area contributed by atoms with Crippen molar-refractivity contribution in [3.63, 3.8) is 0 Å². The van der Waals surface area contributed by atoms with E-state index < -0.39 is 18.8 Å². The number of alkyl halides is 3. The third-order valence-corrected chi connectivity index (χ3v) is 5.22. The lowest BCUT2D eigenvalue weighted by Gasteiger charge is -2.11. The minimum Gasteiger partial charge on any atom is -0.404 e. The molecule has 0 spiro atoms. The predicted octanol–water partition coefficient (Wildman–Crippen LogP) is 3.84. The van der Waals surface area contributed by atoms with E-state index in [9.17, 15) is 18.0 Å². The lowest BCUT2D eigenvalue weighted by atomic mass is 10.1. The maximum Gasteiger partial charge on any atom is 0.405 e. The highest BCUT2D eigenvalue weighted by Gasteiger charge is 2.27. The summed E-state index contributed by atoms with van der Waals surface area (Å²) in [5.41, 5.74) is 9.93. The van der Waals surface area contributed by atoms with Gasteiger partial charge in [-0.15, -0.1) is 0 Å². The van der Waals surface area contributed by atoms with Gasteiger partial charge in [0.15, 0.2) is 0 Å². The Morgan fingerprint density at radius 3 is 2.91 bits per heavy atom. The first-order valence-electron chi connectivity index (χ1n) is 10.5. The number of urea groups is 1. The summed E-state index contributed by atoms with van der Waals surface area (Å²) in [4.78, 5) is 20.8. The van der Waals surface area contributed by atoms with Crippen molar-refractivity contribution in [2.75, 3.05) is 25.1 Å². The number of aromatic nitrogens is 2. The van der Waals surface area contributed by atoms with Gasteiger partial charge in [-0.1, -0.05) is 12.1 Å². The Kier molecular flexibility index (Phi) is 6.82. The van der Waals surface area contributed by atoms with Crippen LogP contribution in [0.5, 0.6) is 0 Å². The van der Waals surface area contributed by atoms with Gasteiger partial charge < -0.3 is 21.1 Å². The molecule has 0 radical (unpaired) electrons. The topological polar surface area (TPSA) is 106 Å². The molecule has 3 aromatic rings. The quantitative estimate of drug-likeness (QED) is 0.474. The van der Waals surface area contributed by atoms with Crippen LogP contribution < -0.4 is 16.4 Å². The van der Waals surface area contributed by atoms with Gasteiger partial charge in [-0.05, 0) is 36.2 Å². The molecule has 8 nitrogen and oxygen atoms in total. The number of carbonyl (C=O) groups excluding carboxylic acids is 1. The molecule has 0 saturated carbocycles. The van der Waals surface area contributed by atoms with Gasteiger partial charge in [0.2, 0.25) is 0 Å². The van der Waals surface area contributed by atoms with Crippen molar-refractivity contribution < 1.29 is 22.7 Å². The van der Waals surface area contributed by atoms with Crippen LogP contribution in [0, 0.1) is 0 Å². The van der Waals surface area contributed by atoms with Gasteiger partial charge in [0.05, 0.1) is 24.5 Å². The average molecular weight is 472 g/mol. The number of ether oxygens (including phenoxy) is 1. The Labute approximate surface area is 193 Å². The molecular formula is C23H23F3N6O2. The number of nitrogens with zero attached hydrogens (tertiary/aromatic N) is 3. The number of fused-ring (bicyclic) bond motifs is 1. The van der Waals surface area contributed by atoms with Crippen molar-refractivity contribution >= 4 is 29.2 Å². The zero-order valence-corrected chi connectivity index (χ0v) is 18.0. The molecule has 1 saturated heterocycles. The molecular weight excluding hydrogens is 449 g/mol. The van der Waals surface area contributed by atoms with Gasteiger partial charge in [-0.2, -0.15) is 13.2 Å². The number of nitrogens with two attached hydrogens (primary N) is 1. The van der Waals surface area contributed by atoms with Gasteiger partial charge in [0.25, 0.3) is 0 Å². The van der Waals surface area contributed by atoms with Crippen LogP contribution in [0.15, 0.2) is 60.0 Å². The molecule has 1 atom stereocenters. The average Bonchev–Trinajstić information content (AvgIpc) is 3.47. The SMILES string of the molecule is NC=C(C=NC1CCOC1)c1ccn2c(-c3cccc(NC(=O)NCC(F)(F)F)c3)cnc2c1. The van der Waals surface area contributed by atoms with Crippen LogP contribution in [0.3, 0.4) is 0 Å². The zero-order valence-electron chi connectivity index (χ0n) is 18.0. The summed E-state index contributed by atoms with van der Waals surface area (Å²) in [7, 11) is 0. The molecule has 0 bridgehead atoms. The number of imidazole rings is 1. The molecule has 11 heteroatoms. The van der Waals surface area contributed by atoms with E-state index in [1.54, 1.807) is 35.9 Å². The fourth-order valence-electron chi connectivity index (χ4n) is 3.52. The summed E-state index contributed by atoms with van der Waals surface area (Å²) < 4.78 is 44.1. The summed E-state index contributed by atoms with van der Waals surface area (Å²) in [6.07, 6.45) is 3.16. The van der Waals surface area contributed by atoms with E-state index in [4.69, 9.17) is 10.5 Å². The lowest BCUT2D eigenvalue weighted by molar-refractivity contribution is -0.122. The number of hydrogen-bond acceptors (Lipinski definition) is 5. The largest absolute Gasteiger partial charge is 0.405 e. The van der Waals surface area contributed by atoms with E-state index in [0.29, 0.717) is 24.5 Å². The molecule has 1 aliphatic rings. The molecule has 178 valence electrons. The first kappa shape index (κ1) is 23.3. The van der Waals surface area contributed by atoms with Crippen molar-refractivity contribution in [1.29, 1.82) is 0 Å². The maximum absolute atomic E-state index is 12.3. The van der Waals surface area contributed by atoms with Gasteiger partial charge in [0, 0.05) is 42.0 Å². The molecule has 0 aliphatic carbocycles. The van der Waals surface area contributed by atoms with Gasteiger partial charge >= 0.3 is 12.2 Å². The van der Waals surface area contributed by atoms with Crippen molar-refractivity contribution in [3.8, 4) is 11.3 Å². The van der Waals surface area contributed by atoms with Crippen LogP contribution in [0.1, 0.15) is 12.0 Å². The van der Waals surface area contributed by atoms with Crippen molar-refractivity contribution in [1.82, 2.24) is 14.7 Å². The first-order valence-corrected chi connectivity index (χ1v) is 10.5. The molecule has 4 rings (SSSR count). The number of nitrogens with one attached hydrogen (secondary N) is 2.